The van der Waals surface area contributed by atoms with E-state index in [0.717, 1.165) is 41.3 Å². The second-order valence-electron chi connectivity index (χ2n) is 5.35. The van der Waals surface area contributed by atoms with E-state index in [1.165, 1.54) is 6.33 Å². The molecule has 0 radical (unpaired) electrons. The van der Waals surface area contributed by atoms with Crippen molar-refractivity contribution in [2.45, 2.75) is 19.5 Å². The molecule has 0 saturated heterocycles. The highest BCUT2D eigenvalue weighted by Gasteiger charge is 2.22. The van der Waals surface area contributed by atoms with Gasteiger partial charge in [-0.05, 0) is 0 Å². The van der Waals surface area contributed by atoms with Gasteiger partial charge in [0, 0.05) is 43.5 Å². The van der Waals surface area contributed by atoms with E-state index in [2.05, 4.69) is 29.8 Å². The van der Waals surface area contributed by atoms with Crippen LogP contribution < -0.4 is 5.56 Å². The van der Waals surface area contributed by atoms with E-state index in [0.29, 0.717) is 12.4 Å². The molecule has 0 saturated carbocycles. The molecule has 3 aromatic heterocycles. The van der Waals surface area contributed by atoms with E-state index in [9.17, 15) is 4.79 Å². The van der Waals surface area contributed by atoms with Crippen molar-refractivity contribution in [3.8, 4) is 11.4 Å². The first-order valence-corrected chi connectivity index (χ1v) is 8.16. The normalized spacial score (nSPS) is 14.6. The van der Waals surface area contributed by atoms with Gasteiger partial charge in [0.2, 0.25) is 0 Å². The summed E-state index contributed by atoms with van der Waals surface area (Å²) in [4.78, 5) is 34.3. The Hall–Kier alpha value is -2.45. The molecule has 1 aliphatic heterocycles. The summed E-state index contributed by atoms with van der Waals surface area (Å²) in [6.07, 6.45) is 7.31. The minimum Gasteiger partial charge on any atom is -0.306 e. The lowest BCUT2D eigenvalue weighted by molar-refractivity contribution is 0.241. The predicted molar refractivity (Wildman–Crippen MR) is 85.8 cm³/mol. The van der Waals surface area contributed by atoms with Crippen molar-refractivity contribution in [3.05, 3.63) is 56.9 Å². The first-order valence-electron chi connectivity index (χ1n) is 7.28. The zero-order valence-corrected chi connectivity index (χ0v) is 13.1. The summed E-state index contributed by atoms with van der Waals surface area (Å²) in [6.45, 7) is 2.24. The molecule has 0 bridgehead atoms. The van der Waals surface area contributed by atoms with Crippen LogP contribution in [0.15, 0.2) is 35.1 Å². The van der Waals surface area contributed by atoms with Crippen LogP contribution >= 0.6 is 11.3 Å². The van der Waals surface area contributed by atoms with Gasteiger partial charge in [0.15, 0.2) is 0 Å². The Morgan fingerprint density at radius 2 is 2.17 bits per heavy atom. The molecule has 0 atom stereocenters. The van der Waals surface area contributed by atoms with Crippen LogP contribution in [0, 0.1) is 0 Å². The van der Waals surface area contributed by atoms with Crippen molar-refractivity contribution in [2.75, 3.05) is 6.54 Å². The molecule has 0 fully saturated rings. The van der Waals surface area contributed by atoms with Gasteiger partial charge in [-0.15, -0.1) is 11.3 Å². The summed E-state index contributed by atoms with van der Waals surface area (Å²) in [7, 11) is 0. The lowest BCUT2D eigenvalue weighted by Crippen LogP contribution is -2.35. The first kappa shape index (κ1) is 14.2. The van der Waals surface area contributed by atoms with Crippen LogP contribution in [0.5, 0.6) is 0 Å². The van der Waals surface area contributed by atoms with Crippen LogP contribution in [0.2, 0.25) is 0 Å². The standard InChI is InChI=1S/C15H14N6OS/c22-15-11-7-21(8-13-18-2-4-23-13)3-1-12(11)19-14(20-15)10-5-16-9-17-6-10/h2,4-6,9H,1,3,7-8H2,(H,19,20,22). The van der Waals surface area contributed by atoms with Crippen molar-refractivity contribution < 1.29 is 0 Å². The zero-order chi connectivity index (χ0) is 15.6. The fourth-order valence-corrected chi connectivity index (χ4v) is 3.35. The van der Waals surface area contributed by atoms with Crippen LogP contribution in [0.25, 0.3) is 11.4 Å². The second kappa shape index (κ2) is 5.98. The zero-order valence-electron chi connectivity index (χ0n) is 12.3. The Morgan fingerprint density at radius 1 is 1.30 bits per heavy atom. The Bertz CT molecular complexity index is 861. The van der Waals surface area contributed by atoms with E-state index >= 15 is 0 Å². The lowest BCUT2D eigenvalue weighted by atomic mass is 10.1. The van der Waals surface area contributed by atoms with Crippen LogP contribution in [0.1, 0.15) is 16.3 Å². The van der Waals surface area contributed by atoms with Crippen molar-refractivity contribution in [1.29, 1.82) is 0 Å². The van der Waals surface area contributed by atoms with Crippen LogP contribution in [-0.4, -0.2) is 36.4 Å². The summed E-state index contributed by atoms with van der Waals surface area (Å²) in [5.74, 6) is 0.530. The molecular formula is C15H14N6OS. The molecule has 3 aromatic rings. The molecule has 7 nitrogen and oxygen atoms in total. The maximum Gasteiger partial charge on any atom is 0.255 e. The van der Waals surface area contributed by atoms with Crippen LogP contribution in [0.3, 0.4) is 0 Å². The van der Waals surface area contributed by atoms with Gasteiger partial charge >= 0.3 is 0 Å². The maximum atomic E-state index is 12.4. The predicted octanol–water partition coefficient (Wildman–Crippen LogP) is 1.24. The van der Waals surface area contributed by atoms with Gasteiger partial charge in [-0.2, -0.15) is 0 Å². The molecule has 4 rings (SSSR count). The molecule has 0 aromatic carbocycles. The molecule has 116 valence electrons. The summed E-state index contributed by atoms with van der Waals surface area (Å²) in [5.41, 5.74) is 2.24. The molecule has 1 aliphatic rings. The highest BCUT2D eigenvalue weighted by Crippen LogP contribution is 2.19. The van der Waals surface area contributed by atoms with Crippen LogP contribution in [0.4, 0.5) is 0 Å². The fourth-order valence-electron chi connectivity index (χ4n) is 2.70. The van der Waals surface area contributed by atoms with E-state index in [1.807, 2.05) is 5.38 Å². The fraction of sp³-hybridized carbons (Fsp3) is 0.267. The average molecular weight is 326 g/mol. The first-order chi connectivity index (χ1) is 11.3. The van der Waals surface area contributed by atoms with Gasteiger partial charge in [-0.25, -0.2) is 19.9 Å². The minimum absolute atomic E-state index is 0.0855. The van der Waals surface area contributed by atoms with Crippen molar-refractivity contribution in [2.24, 2.45) is 0 Å². The maximum absolute atomic E-state index is 12.4. The average Bonchev–Trinajstić information content (AvgIpc) is 3.09. The Morgan fingerprint density at radius 3 is 2.96 bits per heavy atom. The number of nitrogens with one attached hydrogen (secondary N) is 1. The third-order valence-electron chi connectivity index (χ3n) is 3.82. The van der Waals surface area contributed by atoms with Crippen molar-refractivity contribution in [3.63, 3.8) is 0 Å². The second-order valence-corrected chi connectivity index (χ2v) is 6.33. The number of aromatic nitrogens is 5. The van der Waals surface area contributed by atoms with Crippen molar-refractivity contribution >= 4 is 11.3 Å². The summed E-state index contributed by atoms with van der Waals surface area (Å²) in [5, 5.41) is 3.03. The molecule has 0 aliphatic carbocycles. The molecule has 4 heterocycles. The number of aromatic amines is 1. The van der Waals surface area contributed by atoms with Gasteiger partial charge in [0.05, 0.1) is 23.4 Å². The van der Waals surface area contributed by atoms with E-state index in [-0.39, 0.29) is 5.56 Å². The summed E-state index contributed by atoms with van der Waals surface area (Å²) >= 11 is 1.63. The number of rotatable bonds is 3. The number of fused-ring (bicyclic) bond motifs is 1. The molecule has 23 heavy (non-hydrogen) atoms. The molecule has 8 heteroatoms. The SMILES string of the molecule is O=c1[nH]c(-c2cncnc2)nc2c1CN(Cc1nccs1)CC2. The quantitative estimate of drug-likeness (QED) is 0.779. The third kappa shape index (κ3) is 2.90. The van der Waals surface area contributed by atoms with E-state index in [1.54, 1.807) is 29.9 Å². The Balaban J connectivity index is 1.62. The third-order valence-corrected chi connectivity index (χ3v) is 4.59. The molecular weight excluding hydrogens is 312 g/mol. The molecule has 0 unspecified atom stereocenters. The number of thiazole rings is 1. The Kier molecular flexibility index (Phi) is 3.68. The number of H-pyrrole nitrogens is 1. The van der Waals surface area contributed by atoms with Gasteiger partial charge in [-0.1, -0.05) is 0 Å². The van der Waals surface area contributed by atoms with E-state index in [4.69, 9.17) is 0 Å². The van der Waals surface area contributed by atoms with Gasteiger partial charge < -0.3 is 4.98 Å². The minimum atomic E-state index is -0.0855. The number of hydrogen-bond acceptors (Lipinski definition) is 7. The van der Waals surface area contributed by atoms with Gasteiger partial charge in [-0.3, -0.25) is 9.69 Å². The van der Waals surface area contributed by atoms with Crippen LogP contribution in [-0.2, 0) is 19.5 Å². The summed E-state index contributed by atoms with van der Waals surface area (Å²) < 4.78 is 0. The molecule has 0 amide bonds. The smallest absolute Gasteiger partial charge is 0.255 e. The highest BCUT2D eigenvalue weighted by atomic mass is 32.1. The molecule has 1 N–H and O–H groups in total. The lowest BCUT2D eigenvalue weighted by Gasteiger charge is -2.26. The van der Waals surface area contributed by atoms with E-state index < -0.39 is 0 Å². The number of hydrogen-bond donors (Lipinski definition) is 1. The Labute approximate surface area is 136 Å². The topological polar surface area (TPSA) is 87.7 Å². The molecule has 0 spiro atoms. The van der Waals surface area contributed by atoms with Gasteiger partial charge in [0.25, 0.3) is 5.56 Å². The summed E-state index contributed by atoms with van der Waals surface area (Å²) in [6, 6.07) is 0. The largest absolute Gasteiger partial charge is 0.306 e. The highest BCUT2D eigenvalue weighted by molar-refractivity contribution is 7.09. The van der Waals surface area contributed by atoms with Gasteiger partial charge in [0.1, 0.15) is 17.2 Å². The van der Waals surface area contributed by atoms with Crippen molar-refractivity contribution in [1.82, 2.24) is 29.8 Å². The monoisotopic (exact) mass is 326 g/mol. The number of nitrogens with zero attached hydrogens (tertiary/aromatic N) is 5.